The normalized spacial score (nSPS) is 15.1. The predicted octanol–water partition coefficient (Wildman–Crippen LogP) is 1.91. The van der Waals surface area contributed by atoms with Crippen molar-refractivity contribution < 1.29 is 40.8 Å². The van der Waals surface area contributed by atoms with E-state index in [0.29, 0.717) is 5.75 Å². The van der Waals surface area contributed by atoms with Gasteiger partial charge >= 0.3 is 201 Å². The summed E-state index contributed by atoms with van der Waals surface area (Å²) in [7, 11) is -6.17. The van der Waals surface area contributed by atoms with Crippen LogP contribution >= 0.6 is 0 Å². The van der Waals surface area contributed by atoms with Crippen LogP contribution in [0.1, 0.15) is 32.1 Å². The number of ketones is 1. The molecule has 0 amide bonds. The summed E-state index contributed by atoms with van der Waals surface area (Å²) in [5.74, 6) is -1.90. The third-order valence-electron chi connectivity index (χ3n) is 5.09. The molecular formula is C22H21F2O7STe-. The van der Waals surface area contributed by atoms with Crippen molar-refractivity contribution in [2.45, 2.75) is 37.4 Å². The number of carbonyl (C=O) groups excluding carboxylic acids is 2. The molecule has 0 unspecified atom stereocenters. The number of hydrogen-bond acceptors (Lipinski definition) is 7. The zero-order valence-corrected chi connectivity index (χ0v) is 20.5. The number of alkyl halides is 2. The fourth-order valence-electron chi connectivity index (χ4n) is 3.28. The Morgan fingerprint density at radius 3 is 1.97 bits per heavy atom. The predicted molar refractivity (Wildman–Crippen MR) is 115 cm³/mol. The van der Waals surface area contributed by atoms with Crippen LogP contribution in [0.4, 0.5) is 8.78 Å². The van der Waals surface area contributed by atoms with Crippen molar-refractivity contribution in [2.75, 3.05) is 6.61 Å². The van der Waals surface area contributed by atoms with Crippen LogP contribution in [0.5, 0.6) is 11.5 Å². The fourth-order valence-corrected chi connectivity index (χ4v) is 5.86. The van der Waals surface area contributed by atoms with Gasteiger partial charge in [0.2, 0.25) is 0 Å². The molecule has 11 heteroatoms. The van der Waals surface area contributed by atoms with E-state index in [1.807, 2.05) is 12.1 Å². The van der Waals surface area contributed by atoms with Gasteiger partial charge < -0.3 is 0 Å². The van der Waals surface area contributed by atoms with Crippen LogP contribution in [0.15, 0.2) is 48.5 Å². The van der Waals surface area contributed by atoms with Gasteiger partial charge in [0.25, 0.3) is 0 Å². The minimum absolute atomic E-state index is 0.0631. The summed E-state index contributed by atoms with van der Waals surface area (Å²) in [5.41, 5.74) is 0. The van der Waals surface area contributed by atoms with E-state index < -0.39 is 42.3 Å². The number of ether oxygens (including phenoxy) is 2. The number of hydrogen-bond donors (Lipinski definition) is 0. The Morgan fingerprint density at radius 2 is 1.45 bits per heavy atom. The minimum atomic E-state index is -6.17. The van der Waals surface area contributed by atoms with Gasteiger partial charge in [0.15, 0.2) is 0 Å². The fraction of sp³-hybridized carbons (Fsp3) is 0.364. The Morgan fingerprint density at radius 1 is 0.939 bits per heavy atom. The molecular weight excluding hydrogens is 574 g/mol. The van der Waals surface area contributed by atoms with Crippen LogP contribution in [0.2, 0.25) is 0 Å². The molecule has 0 radical (unpaired) electrons. The summed E-state index contributed by atoms with van der Waals surface area (Å²) in [6.07, 6.45) is 5.24. The standard InChI is InChI=1S/C22H22F2O7STe/c23-22(24,32(27,28)29)21(26)31-17-8-12-19(13-9-17)33-18-10-6-16(7-11-18)30-14-20(25)15-4-2-1-3-5-15/h6-13,15H,1-5,14H2,(H,27,28,29)/p-1. The second-order valence-corrected chi connectivity index (χ2v) is 12.2. The molecule has 1 aliphatic carbocycles. The molecule has 0 bridgehead atoms. The summed E-state index contributed by atoms with van der Waals surface area (Å²) in [6, 6.07) is 13.0. The van der Waals surface area contributed by atoms with Gasteiger partial charge in [0.05, 0.1) is 0 Å². The van der Waals surface area contributed by atoms with E-state index in [1.165, 1.54) is 18.6 Å². The van der Waals surface area contributed by atoms with Gasteiger partial charge in [-0.15, -0.1) is 0 Å². The molecule has 0 aromatic heterocycles. The maximum atomic E-state index is 13.2. The quantitative estimate of drug-likeness (QED) is 0.189. The Kier molecular flexibility index (Phi) is 8.45. The van der Waals surface area contributed by atoms with Crippen molar-refractivity contribution in [3.05, 3.63) is 48.5 Å². The first-order valence-corrected chi connectivity index (χ1v) is 13.9. The zero-order chi connectivity index (χ0) is 24.1. The summed E-state index contributed by atoms with van der Waals surface area (Å²) >= 11 is -0.855. The molecule has 0 spiro atoms. The van der Waals surface area contributed by atoms with Crippen molar-refractivity contribution in [1.82, 2.24) is 0 Å². The molecule has 0 atom stereocenters. The van der Waals surface area contributed by atoms with Gasteiger partial charge in [-0.3, -0.25) is 0 Å². The zero-order valence-electron chi connectivity index (χ0n) is 17.4. The van der Waals surface area contributed by atoms with Crippen LogP contribution in [0.25, 0.3) is 0 Å². The molecule has 7 nitrogen and oxygen atoms in total. The molecule has 33 heavy (non-hydrogen) atoms. The Hall–Kier alpha value is -2.06. The van der Waals surface area contributed by atoms with Crippen LogP contribution < -0.4 is 16.7 Å². The molecule has 0 N–H and O–H groups in total. The molecule has 1 aliphatic rings. The Labute approximate surface area is 200 Å². The Balaban J connectivity index is 1.51. The van der Waals surface area contributed by atoms with Crippen molar-refractivity contribution in [3.8, 4) is 11.5 Å². The molecule has 1 saturated carbocycles. The first-order chi connectivity index (χ1) is 15.6. The molecule has 3 rings (SSSR count). The topological polar surface area (TPSA) is 110 Å². The van der Waals surface area contributed by atoms with Gasteiger partial charge in [-0.2, -0.15) is 0 Å². The van der Waals surface area contributed by atoms with Crippen LogP contribution in [0.3, 0.4) is 0 Å². The van der Waals surface area contributed by atoms with Crippen molar-refractivity contribution in [2.24, 2.45) is 5.92 Å². The number of carbonyl (C=O) groups is 2. The SMILES string of the molecule is O=C(COc1ccc([Te]c2ccc(OC(=O)C(F)(F)S(=O)(=O)[O-])cc2)cc1)C1CCCCC1. The molecule has 2 aromatic rings. The van der Waals surface area contributed by atoms with Crippen LogP contribution in [-0.2, 0) is 19.7 Å². The van der Waals surface area contributed by atoms with Gasteiger partial charge in [0, 0.05) is 0 Å². The molecule has 0 saturated heterocycles. The number of esters is 1. The van der Waals surface area contributed by atoms with E-state index in [2.05, 4.69) is 4.74 Å². The van der Waals surface area contributed by atoms with E-state index in [1.54, 1.807) is 24.3 Å². The average Bonchev–Trinajstić information content (AvgIpc) is 2.79. The maximum absolute atomic E-state index is 13.2. The third kappa shape index (κ3) is 6.96. The first-order valence-electron chi connectivity index (χ1n) is 10.2. The molecule has 0 aliphatic heterocycles. The van der Waals surface area contributed by atoms with E-state index in [9.17, 15) is 31.3 Å². The van der Waals surface area contributed by atoms with Crippen molar-refractivity contribution in [3.63, 3.8) is 0 Å². The molecule has 178 valence electrons. The van der Waals surface area contributed by atoms with Crippen LogP contribution in [-0.4, -0.2) is 57.5 Å². The van der Waals surface area contributed by atoms with Crippen molar-refractivity contribution >= 4 is 50.0 Å². The number of halogens is 2. The van der Waals surface area contributed by atoms with E-state index >= 15 is 0 Å². The number of Topliss-reactive ketones (excluding diaryl/α,β-unsaturated/α-hetero) is 1. The van der Waals surface area contributed by atoms with Gasteiger partial charge in [-0.25, -0.2) is 0 Å². The van der Waals surface area contributed by atoms with Crippen molar-refractivity contribution in [1.29, 1.82) is 0 Å². The Bertz CT molecular complexity index is 1080. The molecule has 1 fully saturated rings. The number of rotatable bonds is 9. The molecule has 2 aromatic carbocycles. The molecule has 0 heterocycles. The summed E-state index contributed by atoms with van der Waals surface area (Å²) < 4.78 is 69.7. The van der Waals surface area contributed by atoms with E-state index in [0.717, 1.165) is 32.9 Å². The monoisotopic (exact) mass is 597 g/mol. The van der Waals surface area contributed by atoms with Gasteiger partial charge in [-0.05, 0) is 0 Å². The van der Waals surface area contributed by atoms with E-state index in [-0.39, 0.29) is 24.1 Å². The first kappa shape index (κ1) is 25.6. The van der Waals surface area contributed by atoms with Gasteiger partial charge in [-0.1, -0.05) is 0 Å². The summed E-state index contributed by atoms with van der Waals surface area (Å²) in [6.45, 7) is 0.0631. The van der Waals surface area contributed by atoms with E-state index in [4.69, 9.17) is 4.74 Å². The summed E-state index contributed by atoms with van der Waals surface area (Å²) in [4.78, 5) is 23.5. The second-order valence-electron chi connectivity index (χ2n) is 7.50. The van der Waals surface area contributed by atoms with Gasteiger partial charge in [0.1, 0.15) is 0 Å². The number of benzene rings is 2. The second kappa shape index (κ2) is 10.9. The third-order valence-corrected chi connectivity index (χ3v) is 8.78. The summed E-state index contributed by atoms with van der Waals surface area (Å²) in [5, 5.41) is -5.16. The average molecular weight is 595 g/mol. The van der Waals surface area contributed by atoms with Crippen LogP contribution in [0, 0.1) is 5.92 Å².